The van der Waals surface area contributed by atoms with Gasteiger partial charge in [-0.25, -0.2) is 4.98 Å². The van der Waals surface area contributed by atoms with Crippen LogP contribution in [0.3, 0.4) is 0 Å². The maximum Gasteiger partial charge on any atom is 0.289 e. The van der Waals surface area contributed by atoms with Gasteiger partial charge in [0.05, 0.1) is 29.3 Å². The summed E-state index contributed by atoms with van der Waals surface area (Å²) < 4.78 is 5.48. The predicted molar refractivity (Wildman–Crippen MR) is 74.2 cm³/mol. The summed E-state index contributed by atoms with van der Waals surface area (Å²) in [5, 5.41) is 19.6. The number of nitro groups is 1. The summed E-state index contributed by atoms with van der Waals surface area (Å²) in [5.74, 6) is 0.567. The Morgan fingerprint density at radius 3 is 2.80 bits per heavy atom. The minimum absolute atomic E-state index is 0.0238. The van der Waals surface area contributed by atoms with Crippen LogP contribution in [0.25, 0.3) is 0 Å². The van der Waals surface area contributed by atoms with E-state index in [2.05, 4.69) is 4.98 Å². The normalized spacial score (nSPS) is 16.4. The van der Waals surface area contributed by atoms with Crippen LogP contribution >= 0.6 is 11.6 Å². The molecule has 2 rings (SSSR count). The van der Waals surface area contributed by atoms with Crippen LogP contribution in [0.4, 0.5) is 11.5 Å². The first kappa shape index (κ1) is 15.0. The number of aliphatic hydroxyl groups is 1. The molecule has 1 aliphatic rings. The van der Waals surface area contributed by atoms with Crippen LogP contribution < -0.4 is 4.90 Å². The van der Waals surface area contributed by atoms with E-state index in [1.54, 1.807) is 0 Å². The Bertz CT molecular complexity index is 478. The van der Waals surface area contributed by atoms with Gasteiger partial charge in [-0.1, -0.05) is 11.6 Å². The molecule has 0 atom stereocenters. The zero-order chi connectivity index (χ0) is 14.5. The van der Waals surface area contributed by atoms with Gasteiger partial charge < -0.3 is 14.7 Å². The fourth-order valence-corrected chi connectivity index (χ4v) is 2.49. The highest BCUT2D eigenvalue weighted by Crippen LogP contribution is 2.29. The summed E-state index contributed by atoms with van der Waals surface area (Å²) in [5.41, 5.74) is -0.111. The van der Waals surface area contributed by atoms with E-state index < -0.39 is 4.92 Å². The molecule has 0 spiro atoms. The molecule has 1 aromatic heterocycles. The van der Waals surface area contributed by atoms with Crippen LogP contribution in [0, 0.1) is 10.1 Å². The van der Waals surface area contributed by atoms with E-state index in [0.717, 1.165) is 25.9 Å². The lowest BCUT2D eigenvalue weighted by Crippen LogP contribution is -2.38. The summed E-state index contributed by atoms with van der Waals surface area (Å²) in [7, 11) is 0. The van der Waals surface area contributed by atoms with Crippen molar-refractivity contribution >= 4 is 23.1 Å². The molecule has 0 saturated carbocycles. The number of hydrogen-bond acceptors (Lipinski definition) is 6. The van der Waals surface area contributed by atoms with E-state index in [4.69, 9.17) is 21.4 Å². The molecule has 7 nitrogen and oxygen atoms in total. The summed E-state index contributed by atoms with van der Waals surface area (Å²) in [6.07, 6.45) is 2.98. The second kappa shape index (κ2) is 6.83. The fraction of sp³-hybridized carbons (Fsp3) is 0.583. The zero-order valence-electron chi connectivity index (χ0n) is 10.9. The molecule has 0 bridgehead atoms. The molecule has 1 aliphatic heterocycles. The van der Waals surface area contributed by atoms with Crippen molar-refractivity contribution in [2.45, 2.75) is 18.9 Å². The molecular weight excluding hydrogens is 286 g/mol. The van der Waals surface area contributed by atoms with Crippen LogP contribution in [0.2, 0.25) is 5.02 Å². The van der Waals surface area contributed by atoms with Crippen molar-refractivity contribution in [3.63, 3.8) is 0 Å². The Hall–Kier alpha value is -1.44. The molecule has 20 heavy (non-hydrogen) atoms. The number of pyridine rings is 1. The number of rotatable bonds is 5. The quantitative estimate of drug-likeness (QED) is 0.656. The van der Waals surface area contributed by atoms with Crippen molar-refractivity contribution in [2.75, 3.05) is 31.2 Å². The van der Waals surface area contributed by atoms with E-state index in [1.807, 2.05) is 4.90 Å². The summed E-state index contributed by atoms with van der Waals surface area (Å²) in [6, 6.07) is 1.32. The molecule has 2 heterocycles. The number of aromatic nitrogens is 1. The van der Waals surface area contributed by atoms with Crippen molar-refractivity contribution in [1.29, 1.82) is 0 Å². The summed E-state index contributed by atoms with van der Waals surface area (Å²) in [6.45, 7) is 1.82. The summed E-state index contributed by atoms with van der Waals surface area (Å²) >= 11 is 6.05. The van der Waals surface area contributed by atoms with Crippen molar-refractivity contribution in [2.24, 2.45) is 0 Å². The lowest BCUT2D eigenvalue weighted by Gasteiger charge is -2.32. The molecule has 0 aromatic carbocycles. The summed E-state index contributed by atoms with van der Waals surface area (Å²) in [4.78, 5) is 16.2. The lowest BCUT2D eigenvalue weighted by molar-refractivity contribution is -0.385. The van der Waals surface area contributed by atoms with Gasteiger partial charge in [-0.15, -0.1) is 0 Å². The molecule has 0 radical (unpaired) electrons. The largest absolute Gasteiger partial charge is 0.394 e. The third kappa shape index (κ3) is 3.56. The highest BCUT2D eigenvalue weighted by atomic mass is 35.5. The topological polar surface area (TPSA) is 88.7 Å². The molecule has 1 aromatic rings. The lowest BCUT2D eigenvalue weighted by atomic mass is 10.1. The van der Waals surface area contributed by atoms with Gasteiger partial charge >= 0.3 is 0 Å². The molecule has 0 unspecified atom stereocenters. The number of piperidine rings is 1. The first-order valence-electron chi connectivity index (χ1n) is 6.39. The third-order valence-corrected chi connectivity index (χ3v) is 3.48. The van der Waals surface area contributed by atoms with Gasteiger partial charge in [0.15, 0.2) is 0 Å². The van der Waals surface area contributed by atoms with Gasteiger partial charge in [0.25, 0.3) is 5.69 Å². The monoisotopic (exact) mass is 301 g/mol. The minimum atomic E-state index is -0.516. The van der Waals surface area contributed by atoms with E-state index >= 15 is 0 Å². The van der Waals surface area contributed by atoms with Gasteiger partial charge in [0.1, 0.15) is 12.0 Å². The number of ether oxygens (including phenoxy) is 1. The van der Waals surface area contributed by atoms with Gasteiger partial charge in [0.2, 0.25) is 0 Å². The van der Waals surface area contributed by atoms with Gasteiger partial charge in [0, 0.05) is 19.2 Å². The van der Waals surface area contributed by atoms with E-state index in [-0.39, 0.29) is 23.4 Å². The van der Waals surface area contributed by atoms with Crippen LogP contribution in [0.5, 0.6) is 0 Å². The van der Waals surface area contributed by atoms with Gasteiger partial charge in [-0.3, -0.25) is 10.1 Å². The Balaban J connectivity index is 1.98. The number of anilines is 1. The first-order valence-corrected chi connectivity index (χ1v) is 6.77. The van der Waals surface area contributed by atoms with Crippen molar-refractivity contribution in [3.05, 3.63) is 27.4 Å². The molecule has 0 amide bonds. The van der Waals surface area contributed by atoms with Crippen molar-refractivity contribution in [1.82, 2.24) is 4.98 Å². The second-order valence-electron chi connectivity index (χ2n) is 4.54. The Morgan fingerprint density at radius 1 is 1.55 bits per heavy atom. The van der Waals surface area contributed by atoms with Gasteiger partial charge in [-0.05, 0) is 12.8 Å². The van der Waals surface area contributed by atoms with E-state index in [0.29, 0.717) is 12.4 Å². The van der Waals surface area contributed by atoms with Gasteiger partial charge in [-0.2, -0.15) is 0 Å². The molecule has 1 N–H and O–H groups in total. The number of aliphatic hydroxyl groups excluding tert-OH is 1. The molecule has 110 valence electrons. The smallest absolute Gasteiger partial charge is 0.289 e. The second-order valence-corrected chi connectivity index (χ2v) is 4.94. The van der Waals surface area contributed by atoms with Crippen LogP contribution in [0.15, 0.2) is 12.3 Å². The zero-order valence-corrected chi connectivity index (χ0v) is 11.6. The SMILES string of the molecule is O=[N+]([O-])c1cnc(N2CCC(OCCO)CC2)c(Cl)c1. The first-order chi connectivity index (χ1) is 9.61. The molecule has 1 saturated heterocycles. The number of nitrogens with zero attached hydrogens (tertiary/aromatic N) is 3. The predicted octanol–water partition coefficient (Wildman–Crippen LogP) is 1.62. The Morgan fingerprint density at radius 2 is 2.25 bits per heavy atom. The average Bonchev–Trinajstić information content (AvgIpc) is 2.45. The number of halogens is 1. The average molecular weight is 302 g/mol. The van der Waals surface area contributed by atoms with Crippen LogP contribution in [-0.4, -0.2) is 47.4 Å². The van der Waals surface area contributed by atoms with Crippen LogP contribution in [-0.2, 0) is 4.74 Å². The molecule has 1 fully saturated rings. The van der Waals surface area contributed by atoms with Crippen molar-refractivity contribution < 1.29 is 14.8 Å². The maximum absolute atomic E-state index is 10.6. The highest BCUT2D eigenvalue weighted by Gasteiger charge is 2.23. The van der Waals surface area contributed by atoms with Crippen LogP contribution in [0.1, 0.15) is 12.8 Å². The fourth-order valence-electron chi connectivity index (χ4n) is 2.21. The molecule has 8 heteroatoms. The molecule has 0 aliphatic carbocycles. The Labute approximate surface area is 121 Å². The van der Waals surface area contributed by atoms with E-state index in [1.165, 1.54) is 12.3 Å². The third-order valence-electron chi connectivity index (χ3n) is 3.20. The maximum atomic E-state index is 10.6. The highest BCUT2D eigenvalue weighted by molar-refractivity contribution is 6.33. The Kier molecular flexibility index (Phi) is 5.11. The number of hydrogen-bond donors (Lipinski definition) is 1. The minimum Gasteiger partial charge on any atom is -0.394 e. The van der Waals surface area contributed by atoms with E-state index in [9.17, 15) is 10.1 Å². The molecular formula is C12H16ClN3O4. The van der Waals surface area contributed by atoms with Crippen molar-refractivity contribution in [3.8, 4) is 0 Å². The standard InChI is InChI=1S/C12H16ClN3O4/c13-11-7-9(16(18)19)8-14-12(11)15-3-1-10(2-4-15)20-6-5-17/h7-8,10,17H,1-6H2.